The van der Waals surface area contributed by atoms with Gasteiger partial charge in [0.1, 0.15) is 11.2 Å². The summed E-state index contributed by atoms with van der Waals surface area (Å²) in [5.74, 6) is 0. The van der Waals surface area contributed by atoms with Crippen LogP contribution in [0.4, 0.5) is 0 Å². The van der Waals surface area contributed by atoms with Crippen molar-refractivity contribution >= 4 is 39.4 Å². The summed E-state index contributed by atoms with van der Waals surface area (Å²) in [5, 5.41) is 8.07. The molecule has 26 heavy (non-hydrogen) atoms. The summed E-state index contributed by atoms with van der Waals surface area (Å²) in [6, 6.07) is 10.4. The number of ether oxygens (including phenoxy) is 1. The fraction of sp³-hybridized carbons (Fsp3) is 0.278. The molecule has 0 saturated carbocycles. The molecule has 1 aromatic carbocycles. The minimum Gasteiger partial charge on any atom is -0.379 e. The molecule has 8 heteroatoms. The summed E-state index contributed by atoms with van der Waals surface area (Å²) >= 11 is 7.30. The lowest BCUT2D eigenvalue weighted by Crippen LogP contribution is -2.37. The largest absolute Gasteiger partial charge is 0.379 e. The quantitative estimate of drug-likeness (QED) is 0.507. The zero-order chi connectivity index (χ0) is 17.5. The van der Waals surface area contributed by atoms with Gasteiger partial charge in [0.15, 0.2) is 5.65 Å². The molecule has 6 nitrogen and oxygen atoms in total. The third-order valence-electron chi connectivity index (χ3n) is 4.68. The summed E-state index contributed by atoms with van der Waals surface area (Å²) in [6.45, 7) is 3.99. The van der Waals surface area contributed by atoms with Crippen LogP contribution < -0.4 is 0 Å². The number of thiophene rings is 1. The fourth-order valence-corrected chi connectivity index (χ4v) is 4.46. The van der Waals surface area contributed by atoms with Gasteiger partial charge in [-0.15, -0.1) is 16.4 Å². The molecule has 0 atom stereocenters. The average Bonchev–Trinajstić information content (AvgIpc) is 3.25. The average molecular weight is 384 g/mol. The molecule has 0 unspecified atom stereocenters. The second kappa shape index (κ2) is 6.55. The molecule has 0 aliphatic carbocycles. The van der Waals surface area contributed by atoms with Gasteiger partial charge in [0.25, 0.3) is 0 Å². The molecule has 5 rings (SSSR count). The lowest BCUT2D eigenvalue weighted by atomic mass is 10.1. The number of morpholine rings is 1. The van der Waals surface area contributed by atoms with E-state index in [1.165, 1.54) is 5.56 Å². The highest BCUT2D eigenvalue weighted by Crippen LogP contribution is 2.34. The highest BCUT2D eigenvalue weighted by molar-refractivity contribution is 7.71. The molecular formula is C18H17N5OS2. The Balaban J connectivity index is 1.66. The van der Waals surface area contributed by atoms with Crippen molar-refractivity contribution in [2.45, 2.75) is 6.67 Å². The van der Waals surface area contributed by atoms with E-state index in [0.717, 1.165) is 47.7 Å². The number of fused-ring (bicyclic) bond motifs is 3. The zero-order valence-electron chi connectivity index (χ0n) is 14.0. The molecule has 132 valence electrons. The van der Waals surface area contributed by atoms with Gasteiger partial charge < -0.3 is 4.74 Å². The van der Waals surface area contributed by atoms with Crippen LogP contribution in [0.25, 0.3) is 27.0 Å². The Morgan fingerprint density at radius 1 is 1.15 bits per heavy atom. The first-order valence-corrected chi connectivity index (χ1v) is 9.81. The van der Waals surface area contributed by atoms with Crippen LogP contribution in [0.5, 0.6) is 0 Å². The summed E-state index contributed by atoms with van der Waals surface area (Å²) in [6.07, 6.45) is 1.79. The van der Waals surface area contributed by atoms with Gasteiger partial charge in [0.05, 0.1) is 25.3 Å². The van der Waals surface area contributed by atoms with Crippen LogP contribution in [0.3, 0.4) is 0 Å². The van der Waals surface area contributed by atoms with Crippen molar-refractivity contribution in [3.8, 4) is 11.1 Å². The Labute approximate surface area is 159 Å². The van der Waals surface area contributed by atoms with E-state index in [4.69, 9.17) is 22.1 Å². The van der Waals surface area contributed by atoms with Crippen molar-refractivity contribution in [1.29, 1.82) is 0 Å². The maximum Gasteiger partial charge on any atom is 0.204 e. The standard InChI is InChI=1S/C18H17N5OS2/c25-18-22-11-19-17-15(14(10-26-17)13-4-2-1-3-5-13)16(22)20-23(18)12-21-6-8-24-9-7-21/h1-5,10-11H,6-9,12H2. The summed E-state index contributed by atoms with van der Waals surface area (Å²) < 4.78 is 9.91. The highest BCUT2D eigenvalue weighted by Gasteiger charge is 2.17. The molecule has 4 heterocycles. The summed E-state index contributed by atoms with van der Waals surface area (Å²) in [7, 11) is 0. The van der Waals surface area contributed by atoms with E-state index < -0.39 is 0 Å². The van der Waals surface area contributed by atoms with Crippen LogP contribution in [0.15, 0.2) is 42.0 Å². The van der Waals surface area contributed by atoms with Gasteiger partial charge in [0, 0.05) is 24.0 Å². The topological polar surface area (TPSA) is 47.6 Å². The maximum atomic E-state index is 5.66. The maximum absolute atomic E-state index is 5.66. The predicted molar refractivity (Wildman–Crippen MR) is 105 cm³/mol. The molecular weight excluding hydrogens is 366 g/mol. The predicted octanol–water partition coefficient (Wildman–Crippen LogP) is 3.43. The lowest BCUT2D eigenvalue weighted by molar-refractivity contribution is 0.0210. The van der Waals surface area contributed by atoms with E-state index >= 15 is 0 Å². The van der Waals surface area contributed by atoms with Gasteiger partial charge in [0.2, 0.25) is 4.77 Å². The summed E-state index contributed by atoms with van der Waals surface area (Å²) in [4.78, 5) is 7.89. The van der Waals surface area contributed by atoms with Gasteiger partial charge in [-0.2, -0.15) is 0 Å². The Bertz CT molecular complexity index is 1130. The molecule has 0 amide bonds. The first-order valence-electron chi connectivity index (χ1n) is 8.52. The van der Waals surface area contributed by atoms with Crippen LogP contribution in [0, 0.1) is 4.77 Å². The van der Waals surface area contributed by atoms with Crippen LogP contribution >= 0.6 is 23.6 Å². The molecule has 1 saturated heterocycles. The molecule has 4 aromatic rings. The Hall–Kier alpha value is -2.13. The molecule has 1 aliphatic heterocycles. The van der Waals surface area contributed by atoms with E-state index in [9.17, 15) is 0 Å². The Kier molecular flexibility index (Phi) is 4.05. The SMILES string of the molecule is S=c1n(CN2CCOCC2)nc2c3c(-c4ccccc4)csc3ncn12. The first kappa shape index (κ1) is 16.1. The van der Waals surface area contributed by atoms with Gasteiger partial charge in [-0.3, -0.25) is 9.30 Å². The van der Waals surface area contributed by atoms with Gasteiger partial charge in [-0.05, 0) is 17.8 Å². The van der Waals surface area contributed by atoms with Crippen LogP contribution in [0.1, 0.15) is 0 Å². The van der Waals surface area contributed by atoms with Gasteiger partial charge in [-0.25, -0.2) is 9.67 Å². The summed E-state index contributed by atoms with van der Waals surface area (Å²) in [5.41, 5.74) is 3.19. The number of nitrogens with zero attached hydrogens (tertiary/aromatic N) is 5. The van der Waals surface area contributed by atoms with Crippen LogP contribution in [-0.2, 0) is 11.4 Å². The van der Waals surface area contributed by atoms with Crippen LogP contribution in [-0.4, -0.2) is 50.4 Å². The van der Waals surface area contributed by atoms with E-state index in [1.54, 1.807) is 17.7 Å². The minimum absolute atomic E-state index is 0.672. The first-order chi connectivity index (χ1) is 12.8. The Morgan fingerprint density at radius 3 is 2.77 bits per heavy atom. The second-order valence-electron chi connectivity index (χ2n) is 6.29. The van der Waals surface area contributed by atoms with Crippen molar-refractivity contribution in [2.24, 2.45) is 0 Å². The molecule has 1 aliphatic rings. The van der Waals surface area contributed by atoms with Gasteiger partial charge in [-0.1, -0.05) is 30.3 Å². The molecule has 0 spiro atoms. The molecule has 1 fully saturated rings. The van der Waals surface area contributed by atoms with Gasteiger partial charge >= 0.3 is 0 Å². The normalized spacial score (nSPS) is 15.8. The molecule has 0 radical (unpaired) electrons. The number of hydrogen-bond donors (Lipinski definition) is 0. The fourth-order valence-electron chi connectivity index (χ4n) is 3.32. The smallest absolute Gasteiger partial charge is 0.204 e. The minimum atomic E-state index is 0.672. The Morgan fingerprint density at radius 2 is 1.96 bits per heavy atom. The van der Waals surface area contributed by atoms with Crippen molar-refractivity contribution in [2.75, 3.05) is 26.3 Å². The zero-order valence-corrected chi connectivity index (χ0v) is 15.7. The molecule has 0 N–H and O–H groups in total. The highest BCUT2D eigenvalue weighted by atomic mass is 32.1. The molecule has 0 bridgehead atoms. The number of rotatable bonds is 3. The number of benzene rings is 1. The third kappa shape index (κ3) is 2.66. The third-order valence-corrected chi connectivity index (χ3v) is 5.97. The molecule has 3 aromatic heterocycles. The number of hydrogen-bond acceptors (Lipinski definition) is 6. The van der Waals surface area contributed by atoms with E-state index in [2.05, 4.69) is 39.5 Å². The van der Waals surface area contributed by atoms with Crippen LogP contribution in [0.2, 0.25) is 0 Å². The van der Waals surface area contributed by atoms with Crippen molar-refractivity contribution in [1.82, 2.24) is 24.1 Å². The van der Waals surface area contributed by atoms with Crippen molar-refractivity contribution in [3.05, 3.63) is 46.8 Å². The van der Waals surface area contributed by atoms with E-state index in [1.807, 2.05) is 15.1 Å². The van der Waals surface area contributed by atoms with E-state index in [0.29, 0.717) is 11.4 Å². The van der Waals surface area contributed by atoms with Crippen molar-refractivity contribution in [3.63, 3.8) is 0 Å². The monoisotopic (exact) mass is 383 g/mol. The van der Waals surface area contributed by atoms with Crippen molar-refractivity contribution < 1.29 is 4.74 Å². The lowest BCUT2D eigenvalue weighted by Gasteiger charge is -2.25. The van der Waals surface area contributed by atoms with E-state index in [-0.39, 0.29) is 0 Å². The number of aromatic nitrogens is 4. The second-order valence-corrected chi connectivity index (χ2v) is 7.51.